The van der Waals surface area contributed by atoms with Crippen molar-refractivity contribution >= 4 is 12.4 Å². The van der Waals surface area contributed by atoms with Crippen LogP contribution in [0.2, 0.25) is 0 Å². The van der Waals surface area contributed by atoms with Crippen LogP contribution in [0, 0.1) is 11.6 Å². The maximum atomic E-state index is 12.9. The van der Waals surface area contributed by atoms with Crippen LogP contribution >= 0.6 is 12.4 Å². The third-order valence-corrected chi connectivity index (χ3v) is 2.54. The highest BCUT2D eigenvalue weighted by Crippen LogP contribution is 2.10. The lowest BCUT2D eigenvalue weighted by Crippen LogP contribution is -2.02. The molecule has 18 heavy (non-hydrogen) atoms. The Hall–Kier alpha value is -1.46. The molecule has 0 saturated carbocycles. The van der Waals surface area contributed by atoms with Gasteiger partial charge in [-0.25, -0.2) is 8.78 Å². The summed E-state index contributed by atoms with van der Waals surface area (Å²) in [6, 6.07) is 3.92. The van der Waals surface area contributed by atoms with Crippen molar-refractivity contribution in [3.8, 4) is 0 Å². The van der Waals surface area contributed by atoms with E-state index in [0.29, 0.717) is 19.5 Å². The van der Waals surface area contributed by atoms with Gasteiger partial charge in [0, 0.05) is 24.8 Å². The molecule has 0 unspecified atom stereocenters. The second-order valence-electron chi connectivity index (χ2n) is 3.81. The number of benzene rings is 1. The standard InChI is InChI=1S/C12H13F2N3.ClH/c13-11-2-1-9(5-12(11)14)3-4-17-8-10(6-15)7-16-17;/h1-2,5,7-8H,3-4,6,15H2;1H. The van der Waals surface area contributed by atoms with Crippen LogP contribution < -0.4 is 5.73 Å². The van der Waals surface area contributed by atoms with Crippen molar-refractivity contribution in [2.24, 2.45) is 5.73 Å². The first-order valence-corrected chi connectivity index (χ1v) is 5.34. The minimum absolute atomic E-state index is 0. The average molecular weight is 274 g/mol. The lowest BCUT2D eigenvalue weighted by atomic mass is 10.1. The molecule has 2 rings (SSSR count). The molecule has 0 bridgehead atoms. The summed E-state index contributed by atoms with van der Waals surface area (Å²) >= 11 is 0. The number of aryl methyl sites for hydroxylation is 2. The fourth-order valence-electron chi connectivity index (χ4n) is 1.57. The van der Waals surface area contributed by atoms with E-state index in [1.165, 1.54) is 6.07 Å². The van der Waals surface area contributed by atoms with Crippen molar-refractivity contribution in [3.63, 3.8) is 0 Å². The molecule has 0 aliphatic carbocycles. The van der Waals surface area contributed by atoms with Gasteiger partial charge in [0.25, 0.3) is 0 Å². The molecule has 0 atom stereocenters. The SMILES string of the molecule is Cl.NCc1cnn(CCc2ccc(F)c(F)c2)c1. The van der Waals surface area contributed by atoms with E-state index in [1.54, 1.807) is 16.9 Å². The summed E-state index contributed by atoms with van der Waals surface area (Å²) in [5.74, 6) is -1.64. The molecule has 0 aliphatic heterocycles. The molecule has 0 aliphatic rings. The minimum Gasteiger partial charge on any atom is -0.326 e. The molecular weight excluding hydrogens is 260 g/mol. The number of hydrogen-bond acceptors (Lipinski definition) is 2. The van der Waals surface area contributed by atoms with Crippen LogP contribution in [0.3, 0.4) is 0 Å². The fourth-order valence-corrected chi connectivity index (χ4v) is 1.57. The lowest BCUT2D eigenvalue weighted by Gasteiger charge is -2.02. The van der Waals surface area contributed by atoms with E-state index < -0.39 is 11.6 Å². The summed E-state index contributed by atoms with van der Waals surface area (Å²) in [5.41, 5.74) is 7.16. The Labute approximate surface area is 110 Å². The van der Waals surface area contributed by atoms with Crippen LogP contribution in [0.4, 0.5) is 8.78 Å². The summed E-state index contributed by atoms with van der Waals surface area (Å²) in [5, 5.41) is 4.11. The van der Waals surface area contributed by atoms with Gasteiger partial charge in [0.2, 0.25) is 0 Å². The zero-order valence-electron chi connectivity index (χ0n) is 9.64. The predicted molar refractivity (Wildman–Crippen MR) is 67.4 cm³/mol. The van der Waals surface area contributed by atoms with Gasteiger partial charge in [-0.1, -0.05) is 6.07 Å². The molecule has 3 nitrogen and oxygen atoms in total. The molecule has 2 N–H and O–H groups in total. The maximum absolute atomic E-state index is 12.9. The van der Waals surface area contributed by atoms with E-state index in [0.717, 1.165) is 17.2 Å². The summed E-state index contributed by atoms with van der Waals surface area (Å²) in [6.07, 6.45) is 4.15. The number of nitrogens with zero attached hydrogens (tertiary/aromatic N) is 2. The quantitative estimate of drug-likeness (QED) is 0.929. The Morgan fingerprint density at radius 2 is 1.94 bits per heavy atom. The Balaban J connectivity index is 0.00000162. The van der Waals surface area contributed by atoms with Gasteiger partial charge < -0.3 is 5.73 Å². The van der Waals surface area contributed by atoms with E-state index in [1.807, 2.05) is 6.20 Å². The monoisotopic (exact) mass is 273 g/mol. The molecule has 1 aromatic carbocycles. The Bertz CT molecular complexity index is 514. The molecule has 0 saturated heterocycles. The van der Waals surface area contributed by atoms with Gasteiger partial charge in [-0.15, -0.1) is 12.4 Å². The minimum atomic E-state index is -0.821. The highest BCUT2D eigenvalue weighted by molar-refractivity contribution is 5.85. The van der Waals surface area contributed by atoms with Gasteiger partial charge in [0.15, 0.2) is 11.6 Å². The zero-order valence-corrected chi connectivity index (χ0v) is 10.5. The van der Waals surface area contributed by atoms with Crippen molar-refractivity contribution in [1.82, 2.24) is 9.78 Å². The normalized spacial score (nSPS) is 10.2. The Morgan fingerprint density at radius 1 is 1.17 bits per heavy atom. The van der Waals surface area contributed by atoms with Gasteiger partial charge >= 0.3 is 0 Å². The third kappa shape index (κ3) is 3.51. The summed E-state index contributed by atoms with van der Waals surface area (Å²) in [7, 11) is 0. The number of hydrogen-bond donors (Lipinski definition) is 1. The number of aromatic nitrogens is 2. The largest absolute Gasteiger partial charge is 0.326 e. The zero-order chi connectivity index (χ0) is 12.3. The van der Waals surface area contributed by atoms with Crippen LogP contribution in [0.15, 0.2) is 30.6 Å². The second kappa shape index (κ2) is 6.47. The topological polar surface area (TPSA) is 43.8 Å². The molecule has 0 spiro atoms. The van der Waals surface area contributed by atoms with E-state index in [9.17, 15) is 8.78 Å². The highest BCUT2D eigenvalue weighted by Gasteiger charge is 2.03. The molecule has 6 heteroatoms. The first kappa shape index (κ1) is 14.6. The average Bonchev–Trinajstić information content (AvgIpc) is 2.79. The molecule has 1 heterocycles. The van der Waals surface area contributed by atoms with E-state index in [4.69, 9.17) is 5.73 Å². The number of rotatable bonds is 4. The van der Waals surface area contributed by atoms with E-state index in [2.05, 4.69) is 5.10 Å². The summed E-state index contributed by atoms with van der Waals surface area (Å²) in [4.78, 5) is 0. The van der Waals surface area contributed by atoms with Crippen molar-refractivity contribution in [2.75, 3.05) is 0 Å². The van der Waals surface area contributed by atoms with Crippen molar-refractivity contribution in [3.05, 3.63) is 53.4 Å². The number of nitrogens with two attached hydrogens (primary N) is 1. The Kier molecular flexibility index (Phi) is 5.25. The van der Waals surface area contributed by atoms with E-state index in [-0.39, 0.29) is 12.4 Å². The smallest absolute Gasteiger partial charge is 0.159 e. The van der Waals surface area contributed by atoms with Crippen molar-refractivity contribution in [2.45, 2.75) is 19.5 Å². The van der Waals surface area contributed by atoms with Crippen LogP contribution in [0.5, 0.6) is 0 Å². The van der Waals surface area contributed by atoms with Gasteiger partial charge in [-0.2, -0.15) is 5.10 Å². The molecule has 98 valence electrons. The second-order valence-corrected chi connectivity index (χ2v) is 3.81. The number of halogens is 3. The van der Waals surface area contributed by atoms with Crippen LogP contribution in [-0.2, 0) is 19.5 Å². The molecule has 0 radical (unpaired) electrons. The molecule has 0 amide bonds. The summed E-state index contributed by atoms with van der Waals surface area (Å²) in [6.45, 7) is 1.07. The van der Waals surface area contributed by atoms with Gasteiger partial charge in [-0.3, -0.25) is 4.68 Å². The first-order chi connectivity index (χ1) is 8.19. The van der Waals surface area contributed by atoms with Gasteiger partial charge in [0.1, 0.15) is 0 Å². The highest BCUT2D eigenvalue weighted by atomic mass is 35.5. The molecule has 1 aromatic heterocycles. The van der Waals surface area contributed by atoms with Crippen LogP contribution in [0.25, 0.3) is 0 Å². The van der Waals surface area contributed by atoms with Gasteiger partial charge in [-0.05, 0) is 24.1 Å². The van der Waals surface area contributed by atoms with Crippen LogP contribution in [-0.4, -0.2) is 9.78 Å². The van der Waals surface area contributed by atoms with E-state index >= 15 is 0 Å². The van der Waals surface area contributed by atoms with Crippen molar-refractivity contribution < 1.29 is 8.78 Å². The lowest BCUT2D eigenvalue weighted by molar-refractivity contribution is 0.505. The third-order valence-electron chi connectivity index (χ3n) is 2.54. The Morgan fingerprint density at radius 3 is 2.56 bits per heavy atom. The van der Waals surface area contributed by atoms with Crippen LogP contribution in [0.1, 0.15) is 11.1 Å². The maximum Gasteiger partial charge on any atom is 0.159 e. The first-order valence-electron chi connectivity index (χ1n) is 5.34. The fraction of sp³-hybridized carbons (Fsp3) is 0.250. The van der Waals surface area contributed by atoms with Gasteiger partial charge in [0.05, 0.1) is 6.20 Å². The molecular formula is C12H14ClF2N3. The van der Waals surface area contributed by atoms with Crippen molar-refractivity contribution in [1.29, 1.82) is 0 Å². The summed E-state index contributed by atoms with van der Waals surface area (Å²) < 4.78 is 27.4. The molecule has 2 aromatic rings. The predicted octanol–water partition coefficient (Wildman–Crippen LogP) is 2.28. The molecule has 0 fully saturated rings.